The summed E-state index contributed by atoms with van der Waals surface area (Å²) >= 11 is 7.68. The molecule has 0 aliphatic rings. The van der Waals surface area contributed by atoms with E-state index in [0.717, 1.165) is 17.9 Å². The SMILES string of the molecule is CCSCCC(C)NS(=O)(=O)c1cc(Cl)cc(N)c1C. The molecule has 1 aromatic carbocycles. The Morgan fingerprint density at radius 3 is 2.70 bits per heavy atom. The van der Waals surface area contributed by atoms with E-state index in [2.05, 4.69) is 11.6 Å². The number of sulfonamides is 1. The molecule has 1 atom stereocenters. The van der Waals surface area contributed by atoms with E-state index in [1.165, 1.54) is 6.07 Å². The van der Waals surface area contributed by atoms with Crippen LogP contribution in [0.1, 0.15) is 25.8 Å². The molecule has 0 fully saturated rings. The summed E-state index contributed by atoms with van der Waals surface area (Å²) in [6.07, 6.45) is 0.785. The van der Waals surface area contributed by atoms with Gasteiger partial charge in [0.25, 0.3) is 0 Å². The van der Waals surface area contributed by atoms with Crippen LogP contribution in [-0.2, 0) is 10.0 Å². The predicted molar refractivity (Wildman–Crippen MR) is 88.0 cm³/mol. The Labute approximate surface area is 130 Å². The van der Waals surface area contributed by atoms with Gasteiger partial charge in [-0.05, 0) is 49.5 Å². The number of hydrogen-bond acceptors (Lipinski definition) is 4. The second-order valence-electron chi connectivity index (χ2n) is 4.63. The van der Waals surface area contributed by atoms with Crippen LogP contribution >= 0.6 is 23.4 Å². The van der Waals surface area contributed by atoms with Gasteiger partial charge in [-0.3, -0.25) is 0 Å². The first-order valence-electron chi connectivity index (χ1n) is 6.43. The van der Waals surface area contributed by atoms with E-state index in [9.17, 15) is 8.42 Å². The number of nitrogens with two attached hydrogens (primary N) is 1. The van der Waals surface area contributed by atoms with Gasteiger partial charge in [-0.25, -0.2) is 13.1 Å². The van der Waals surface area contributed by atoms with Crippen LogP contribution in [0.3, 0.4) is 0 Å². The highest BCUT2D eigenvalue weighted by Gasteiger charge is 2.21. The van der Waals surface area contributed by atoms with E-state index in [-0.39, 0.29) is 10.9 Å². The largest absolute Gasteiger partial charge is 0.398 e. The summed E-state index contributed by atoms with van der Waals surface area (Å²) < 4.78 is 27.4. The first-order valence-corrected chi connectivity index (χ1v) is 9.45. The first kappa shape index (κ1) is 17.6. The maximum Gasteiger partial charge on any atom is 0.241 e. The van der Waals surface area contributed by atoms with E-state index in [4.69, 9.17) is 17.3 Å². The normalized spacial score (nSPS) is 13.4. The minimum atomic E-state index is -3.60. The number of nitrogens with one attached hydrogen (secondary N) is 1. The summed E-state index contributed by atoms with van der Waals surface area (Å²) in [5.41, 5.74) is 6.67. The fourth-order valence-corrected chi connectivity index (χ4v) is 4.42. The minimum absolute atomic E-state index is 0.126. The third-order valence-corrected chi connectivity index (χ3v) is 5.78. The molecule has 0 saturated heterocycles. The van der Waals surface area contributed by atoms with Crippen LogP contribution in [0.15, 0.2) is 17.0 Å². The Morgan fingerprint density at radius 2 is 2.10 bits per heavy atom. The molecule has 7 heteroatoms. The molecule has 0 amide bonds. The van der Waals surface area contributed by atoms with Crippen LogP contribution in [0.4, 0.5) is 5.69 Å². The number of nitrogen functional groups attached to an aromatic ring is 1. The van der Waals surface area contributed by atoms with Crippen molar-refractivity contribution in [1.29, 1.82) is 0 Å². The van der Waals surface area contributed by atoms with Crippen molar-refractivity contribution in [3.8, 4) is 0 Å². The van der Waals surface area contributed by atoms with Crippen molar-refractivity contribution in [3.05, 3.63) is 22.7 Å². The van der Waals surface area contributed by atoms with Crippen molar-refractivity contribution in [2.45, 2.75) is 38.1 Å². The molecule has 20 heavy (non-hydrogen) atoms. The van der Waals surface area contributed by atoms with Gasteiger partial charge >= 0.3 is 0 Å². The van der Waals surface area contributed by atoms with E-state index >= 15 is 0 Å². The second-order valence-corrected chi connectivity index (χ2v) is 8.14. The molecule has 0 aliphatic carbocycles. The average molecular weight is 337 g/mol. The fourth-order valence-electron chi connectivity index (χ4n) is 1.75. The minimum Gasteiger partial charge on any atom is -0.398 e. The number of rotatable bonds is 7. The van der Waals surface area contributed by atoms with Crippen molar-refractivity contribution < 1.29 is 8.42 Å². The monoisotopic (exact) mass is 336 g/mol. The average Bonchev–Trinajstić information content (AvgIpc) is 2.33. The molecule has 0 aromatic heterocycles. The Bertz CT molecular complexity index is 562. The molecule has 0 saturated carbocycles. The van der Waals surface area contributed by atoms with Crippen LogP contribution in [0.2, 0.25) is 5.02 Å². The van der Waals surface area contributed by atoms with Crippen molar-refractivity contribution in [2.75, 3.05) is 17.2 Å². The fraction of sp³-hybridized carbons (Fsp3) is 0.538. The van der Waals surface area contributed by atoms with E-state index in [0.29, 0.717) is 16.3 Å². The highest BCUT2D eigenvalue weighted by Crippen LogP contribution is 2.26. The molecule has 0 bridgehead atoms. The van der Waals surface area contributed by atoms with Gasteiger partial charge in [-0.15, -0.1) is 0 Å². The first-order chi connectivity index (χ1) is 9.27. The lowest BCUT2D eigenvalue weighted by atomic mass is 10.2. The van der Waals surface area contributed by atoms with Gasteiger partial charge in [0.2, 0.25) is 10.0 Å². The van der Waals surface area contributed by atoms with Gasteiger partial charge in [0.15, 0.2) is 0 Å². The van der Waals surface area contributed by atoms with Crippen molar-refractivity contribution >= 4 is 39.1 Å². The van der Waals surface area contributed by atoms with E-state index in [1.54, 1.807) is 24.8 Å². The zero-order chi connectivity index (χ0) is 15.3. The number of anilines is 1. The van der Waals surface area contributed by atoms with Crippen LogP contribution in [0.25, 0.3) is 0 Å². The quantitative estimate of drug-likeness (QED) is 0.593. The van der Waals surface area contributed by atoms with Gasteiger partial charge in [0.05, 0.1) is 4.90 Å². The maximum atomic E-state index is 12.4. The molecule has 4 nitrogen and oxygen atoms in total. The molecule has 0 radical (unpaired) electrons. The molecule has 1 unspecified atom stereocenters. The zero-order valence-electron chi connectivity index (χ0n) is 11.9. The van der Waals surface area contributed by atoms with Crippen molar-refractivity contribution in [3.63, 3.8) is 0 Å². The molecule has 114 valence electrons. The zero-order valence-corrected chi connectivity index (χ0v) is 14.3. The van der Waals surface area contributed by atoms with Gasteiger partial charge in [0.1, 0.15) is 0 Å². The summed E-state index contributed by atoms with van der Waals surface area (Å²) in [4.78, 5) is 0.150. The smallest absolute Gasteiger partial charge is 0.241 e. The van der Waals surface area contributed by atoms with Gasteiger partial charge in [0, 0.05) is 16.8 Å². The van der Waals surface area contributed by atoms with Crippen LogP contribution in [-0.4, -0.2) is 26.0 Å². The highest BCUT2D eigenvalue weighted by atomic mass is 35.5. The Hall–Kier alpha value is -0.430. The van der Waals surface area contributed by atoms with Crippen LogP contribution in [0, 0.1) is 6.92 Å². The highest BCUT2D eigenvalue weighted by molar-refractivity contribution is 7.99. The molecule has 3 N–H and O–H groups in total. The molecule has 0 heterocycles. The Balaban J connectivity index is 2.89. The third-order valence-electron chi connectivity index (χ3n) is 2.91. The lowest BCUT2D eigenvalue weighted by molar-refractivity contribution is 0.556. The lowest BCUT2D eigenvalue weighted by Crippen LogP contribution is -2.33. The standard InChI is InChI=1S/C13H21ClN2O2S2/c1-4-19-6-5-9(2)16-20(17,18)13-8-11(14)7-12(15)10(13)3/h7-9,16H,4-6,15H2,1-3H3. The molecule has 0 spiro atoms. The predicted octanol–water partition coefficient (Wildman–Crippen LogP) is 3.04. The maximum absolute atomic E-state index is 12.4. The van der Waals surface area contributed by atoms with E-state index < -0.39 is 10.0 Å². The summed E-state index contributed by atoms with van der Waals surface area (Å²) in [6.45, 7) is 5.62. The lowest BCUT2D eigenvalue weighted by Gasteiger charge is -2.16. The summed E-state index contributed by atoms with van der Waals surface area (Å²) in [5, 5.41) is 0.322. The number of benzene rings is 1. The molecular formula is C13H21ClN2O2S2. The molecular weight excluding hydrogens is 316 g/mol. The van der Waals surface area contributed by atoms with Crippen molar-refractivity contribution in [1.82, 2.24) is 4.72 Å². The van der Waals surface area contributed by atoms with Gasteiger partial charge in [-0.2, -0.15) is 11.8 Å². The third kappa shape index (κ3) is 4.84. The van der Waals surface area contributed by atoms with Crippen LogP contribution in [0.5, 0.6) is 0 Å². The van der Waals surface area contributed by atoms with Crippen molar-refractivity contribution in [2.24, 2.45) is 0 Å². The van der Waals surface area contributed by atoms with Gasteiger partial charge in [-0.1, -0.05) is 18.5 Å². The number of hydrogen-bond donors (Lipinski definition) is 2. The molecule has 0 aliphatic heterocycles. The molecule has 1 rings (SSSR count). The van der Waals surface area contributed by atoms with E-state index in [1.807, 2.05) is 6.92 Å². The summed E-state index contributed by atoms with van der Waals surface area (Å²) in [6, 6.07) is 2.86. The Morgan fingerprint density at radius 1 is 1.45 bits per heavy atom. The second kappa shape index (κ2) is 7.54. The van der Waals surface area contributed by atoms with Gasteiger partial charge < -0.3 is 5.73 Å². The topological polar surface area (TPSA) is 72.2 Å². The number of halogens is 1. The number of thioether (sulfide) groups is 1. The summed E-state index contributed by atoms with van der Waals surface area (Å²) in [5.74, 6) is 1.96. The Kier molecular flexibility index (Phi) is 6.64. The molecule has 1 aromatic rings. The summed E-state index contributed by atoms with van der Waals surface area (Å²) in [7, 11) is -3.60. The van der Waals surface area contributed by atoms with Crippen LogP contribution < -0.4 is 10.5 Å².